The molecule has 0 radical (unpaired) electrons. The van der Waals surface area contributed by atoms with E-state index in [1.165, 1.54) is 0 Å². The van der Waals surface area contributed by atoms with Crippen LogP contribution < -0.4 is 5.32 Å². The summed E-state index contributed by atoms with van der Waals surface area (Å²) in [7, 11) is 1.88. The number of rotatable bonds is 5. The van der Waals surface area contributed by atoms with Crippen molar-refractivity contribution in [3.8, 4) is 0 Å². The van der Waals surface area contributed by atoms with Crippen LogP contribution in [-0.4, -0.2) is 30.6 Å². The number of aryl methyl sites for hydroxylation is 2. The van der Waals surface area contributed by atoms with Gasteiger partial charge in [-0.2, -0.15) is 10.2 Å². The molecule has 2 heterocycles. The number of hydrogen-bond acceptors (Lipinski definition) is 4. The molecule has 7 heteroatoms. The van der Waals surface area contributed by atoms with Gasteiger partial charge in [-0.05, 0) is 6.92 Å². The molecule has 0 fully saturated rings. The van der Waals surface area contributed by atoms with E-state index in [2.05, 4.69) is 34.3 Å². The second-order valence-corrected chi connectivity index (χ2v) is 5.24. The van der Waals surface area contributed by atoms with Crippen LogP contribution in [-0.2, 0) is 20.1 Å². The van der Waals surface area contributed by atoms with Crippen LogP contribution in [0.2, 0.25) is 5.02 Å². The van der Waals surface area contributed by atoms with Crippen molar-refractivity contribution in [3.05, 3.63) is 28.6 Å². The van der Waals surface area contributed by atoms with Gasteiger partial charge in [0.2, 0.25) is 0 Å². The van der Waals surface area contributed by atoms with E-state index >= 15 is 0 Å². The number of hydrogen-bond donors (Lipinski definition) is 1. The van der Waals surface area contributed by atoms with Crippen molar-refractivity contribution in [2.75, 3.05) is 0 Å². The molecular formula is C12H19ClN6. The Balaban J connectivity index is 2.07. The normalized spacial score (nSPS) is 11.5. The van der Waals surface area contributed by atoms with Crippen LogP contribution in [0.15, 0.2) is 6.33 Å². The quantitative estimate of drug-likeness (QED) is 0.903. The lowest BCUT2D eigenvalue weighted by Crippen LogP contribution is -2.22. The van der Waals surface area contributed by atoms with E-state index in [0.29, 0.717) is 24.2 Å². The van der Waals surface area contributed by atoms with Gasteiger partial charge in [0.25, 0.3) is 0 Å². The van der Waals surface area contributed by atoms with E-state index in [0.717, 1.165) is 17.2 Å². The first kappa shape index (κ1) is 14.0. The third kappa shape index (κ3) is 3.33. The molecule has 0 saturated heterocycles. The van der Waals surface area contributed by atoms with E-state index in [1.807, 2.05) is 14.0 Å². The van der Waals surface area contributed by atoms with Crippen molar-refractivity contribution in [1.29, 1.82) is 0 Å². The minimum absolute atomic E-state index is 0.418. The first-order valence-electron chi connectivity index (χ1n) is 6.27. The average Bonchev–Trinajstić information content (AvgIpc) is 2.88. The predicted octanol–water partition coefficient (Wildman–Crippen LogP) is 1.52. The number of nitrogens with zero attached hydrogens (tertiary/aromatic N) is 5. The maximum Gasteiger partial charge on any atom is 0.164 e. The molecule has 2 aromatic heterocycles. The van der Waals surface area contributed by atoms with Crippen molar-refractivity contribution in [3.63, 3.8) is 0 Å². The zero-order valence-electron chi connectivity index (χ0n) is 11.7. The molecule has 6 nitrogen and oxygen atoms in total. The van der Waals surface area contributed by atoms with Crippen LogP contribution in [0.25, 0.3) is 0 Å². The van der Waals surface area contributed by atoms with Crippen molar-refractivity contribution in [2.45, 2.75) is 39.9 Å². The Kier molecular flexibility index (Phi) is 4.21. The molecule has 104 valence electrons. The molecule has 0 spiro atoms. The van der Waals surface area contributed by atoms with Crippen LogP contribution in [0, 0.1) is 6.92 Å². The summed E-state index contributed by atoms with van der Waals surface area (Å²) in [6.07, 6.45) is 1.72. The molecule has 1 N–H and O–H groups in total. The second kappa shape index (κ2) is 5.71. The lowest BCUT2D eigenvalue weighted by molar-refractivity contribution is 0.560. The van der Waals surface area contributed by atoms with Crippen LogP contribution in [0.4, 0.5) is 0 Å². The van der Waals surface area contributed by atoms with Gasteiger partial charge < -0.3 is 5.32 Å². The summed E-state index contributed by atoms with van der Waals surface area (Å²) in [5, 5.41) is 12.7. The topological polar surface area (TPSA) is 60.6 Å². The summed E-state index contributed by atoms with van der Waals surface area (Å²) in [6.45, 7) is 7.32. The molecule has 0 bridgehead atoms. The smallest absolute Gasteiger partial charge is 0.164 e. The molecule has 19 heavy (non-hydrogen) atoms. The largest absolute Gasteiger partial charge is 0.308 e. The van der Waals surface area contributed by atoms with Gasteiger partial charge in [-0.3, -0.25) is 4.68 Å². The summed E-state index contributed by atoms with van der Waals surface area (Å²) in [4.78, 5) is 4.27. The highest BCUT2D eigenvalue weighted by Gasteiger charge is 2.12. The molecule has 0 aliphatic heterocycles. The van der Waals surface area contributed by atoms with Crippen molar-refractivity contribution >= 4 is 11.6 Å². The zero-order chi connectivity index (χ0) is 14.0. The van der Waals surface area contributed by atoms with Gasteiger partial charge >= 0.3 is 0 Å². The highest BCUT2D eigenvalue weighted by molar-refractivity contribution is 6.31. The molecular weight excluding hydrogens is 264 g/mol. The summed E-state index contributed by atoms with van der Waals surface area (Å²) in [5.41, 5.74) is 1.77. The standard InChI is InChI=1S/C12H19ClN6/c1-8(2)14-5-11-15-7-19(17-11)6-10-12(13)9(3)16-18(10)4/h7-8,14H,5-6H2,1-4H3. The molecule has 0 saturated carbocycles. The Hall–Kier alpha value is -1.40. The Morgan fingerprint density at radius 2 is 2.11 bits per heavy atom. The highest BCUT2D eigenvalue weighted by atomic mass is 35.5. The maximum atomic E-state index is 6.22. The summed E-state index contributed by atoms with van der Waals surface area (Å²) in [5.74, 6) is 0.781. The van der Waals surface area contributed by atoms with Gasteiger partial charge in [0, 0.05) is 13.1 Å². The van der Waals surface area contributed by atoms with Crippen LogP contribution >= 0.6 is 11.6 Å². The van der Waals surface area contributed by atoms with Crippen molar-refractivity contribution < 1.29 is 0 Å². The number of aromatic nitrogens is 5. The molecule has 2 rings (SSSR count). The number of halogens is 1. The SMILES string of the molecule is Cc1nn(C)c(Cn2cnc(CNC(C)C)n2)c1Cl. The minimum Gasteiger partial charge on any atom is -0.308 e. The Morgan fingerprint density at radius 3 is 2.68 bits per heavy atom. The molecule has 0 amide bonds. The fourth-order valence-corrected chi connectivity index (χ4v) is 2.01. The van der Waals surface area contributed by atoms with E-state index in [4.69, 9.17) is 11.6 Å². The summed E-state index contributed by atoms with van der Waals surface area (Å²) in [6, 6.07) is 0.418. The van der Waals surface area contributed by atoms with Gasteiger partial charge in [-0.25, -0.2) is 9.67 Å². The summed E-state index contributed by atoms with van der Waals surface area (Å²) >= 11 is 6.22. The third-order valence-electron chi connectivity index (χ3n) is 2.83. The van der Waals surface area contributed by atoms with Gasteiger partial charge in [-0.15, -0.1) is 0 Å². The zero-order valence-corrected chi connectivity index (χ0v) is 12.4. The van der Waals surface area contributed by atoms with E-state index in [1.54, 1.807) is 15.7 Å². The lowest BCUT2D eigenvalue weighted by atomic mass is 10.3. The maximum absolute atomic E-state index is 6.22. The Morgan fingerprint density at radius 1 is 1.37 bits per heavy atom. The predicted molar refractivity (Wildman–Crippen MR) is 74.1 cm³/mol. The molecule has 0 atom stereocenters. The number of nitrogens with one attached hydrogen (secondary N) is 1. The fourth-order valence-electron chi connectivity index (χ4n) is 1.79. The van der Waals surface area contributed by atoms with Gasteiger partial charge in [-0.1, -0.05) is 25.4 Å². The van der Waals surface area contributed by atoms with E-state index in [9.17, 15) is 0 Å². The first-order valence-corrected chi connectivity index (χ1v) is 6.65. The third-order valence-corrected chi connectivity index (χ3v) is 3.32. The van der Waals surface area contributed by atoms with Crippen molar-refractivity contribution in [2.24, 2.45) is 7.05 Å². The van der Waals surface area contributed by atoms with Gasteiger partial charge in [0.05, 0.1) is 29.5 Å². The Bertz CT molecular complexity index is 557. The van der Waals surface area contributed by atoms with E-state index in [-0.39, 0.29) is 0 Å². The van der Waals surface area contributed by atoms with Crippen LogP contribution in [0.5, 0.6) is 0 Å². The molecule has 0 aliphatic rings. The molecule has 2 aromatic rings. The van der Waals surface area contributed by atoms with Gasteiger partial charge in [0.1, 0.15) is 6.33 Å². The van der Waals surface area contributed by atoms with Crippen LogP contribution in [0.3, 0.4) is 0 Å². The summed E-state index contributed by atoms with van der Waals surface area (Å²) < 4.78 is 3.56. The molecule has 0 aromatic carbocycles. The second-order valence-electron chi connectivity index (χ2n) is 4.86. The first-order chi connectivity index (χ1) is 8.97. The van der Waals surface area contributed by atoms with Gasteiger partial charge in [0.15, 0.2) is 5.82 Å². The minimum atomic E-state index is 0.418. The monoisotopic (exact) mass is 282 g/mol. The molecule has 0 aliphatic carbocycles. The fraction of sp³-hybridized carbons (Fsp3) is 0.583. The van der Waals surface area contributed by atoms with Crippen molar-refractivity contribution in [1.82, 2.24) is 29.9 Å². The van der Waals surface area contributed by atoms with Crippen LogP contribution in [0.1, 0.15) is 31.1 Å². The van der Waals surface area contributed by atoms with E-state index < -0.39 is 0 Å². The highest BCUT2D eigenvalue weighted by Crippen LogP contribution is 2.19. The lowest BCUT2D eigenvalue weighted by Gasteiger charge is -2.04. The average molecular weight is 283 g/mol. The Labute approximate surface area is 117 Å². The molecule has 0 unspecified atom stereocenters.